The van der Waals surface area contributed by atoms with E-state index in [0.29, 0.717) is 33.4 Å². The summed E-state index contributed by atoms with van der Waals surface area (Å²) in [6, 6.07) is 15.2. The molecule has 0 radical (unpaired) electrons. The predicted molar refractivity (Wildman–Crippen MR) is 130 cm³/mol. The van der Waals surface area contributed by atoms with E-state index in [9.17, 15) is 19.5 Å². The highest BCUT2D eigenvalue weighted by molar-refractivity contribution is 5.90. The monoisotopic (exact) mass is 468 g/mol. The molecule has 174 valence electrons. The van der Waals surface area contributed by atoms with Crippen LogP contribution in [0.2, 0.25) is 0 Å². The number of aryl methyl sites for hydroxylation is 2. The van der Waals surface area contributed by atoms with Crippen molar-refractivity contribution in [1.82, 2.24) is 9.13 Å². The van der Waals surface area contributed by atoms with Gasteiger partial charge < -0.3 is 14.3 Å². The number of ether oxygens (including phenoxy) is 1. The Kier molecular flexibility index (Phi) is 4.47. The summed E-state index contributed by atoms with van der Waals surface area (Å²) in [7, 11) is 3.42. The molecule has 0 fully saturated rings. The lowest BCUT2D eigenvalue weighted by atomic mass is 9.85. The molecule has 1 N–H and O–H groups in total. The summed E-state index contributed by atoms with van der Waals surface area (Å²) < 4.78 is 14.7. The number of phenols is 1. The zero-order valence-electron chi connectivity index (χ0n) is 18.9. The number of imidazole rings is 1. The van der Waals surface area contributed by atoms with Crippen LogP contribution in [0.25, 0.3) is 33.1 Å². The van der Waals surface area contributed by atoms with Crippen molar-refractivity contribution in [3.8, 4) is 22.6 Å². The fourth-order valence-electron chi connectivity index (χ4n) is 4.92. The molecule has 3 aromatic carbocycles. The molecular formula is C27H20N2O6. The minimum absolute atomic E-state index is 0.0713. The summed E-state index contributed by atoms with van der Waals surface area (Å²) in [6.45, 7) is 0. The molecule has 0 saturated carbocycles. The number of hydrogen-bond acceptors (Lipinski definition) is 6. The molecule has 3 heterocycles. The van der Waals surface area contributed by atoms with Crippen molar-refractivity contribution < 1.29 is 19.1 Å². The van der Waals surface area contributed by atoms with E-state index in [1.165, 1.54) is 18.4 Å². The average Bonchev–Trinajstić information content (AvgIpc) is 3.07. The van der Waals surface area contributed by atoms with Crippen molar-refractivity contribution in [3.05, 3.63) is 92.7 Å². The second kappa shape index (κ2) is 7.46. The van der Waals surface area contributed by atoms with E-state index < -0.39 is 5.92 Å². The van der Waals surface area contributed by atoms with E-state index in [-0.39, 0.29) is 29.3 Å². The summed E-state index contributed by atoms with van der Waals surface area (Å²) in [5.74, 6) is -0.351. The van der Waals surface area contributed by atoms with Crippen LogP contribution in [0.3, 0.4) is 0 Å². The van der Waals surface area contributed by atoms with Gasteiger partial charge in [-0.25, -0.2) is 4.79 Å². The van der Waals surface area contributed by atoms with Gasteiger partial charge in [-0.3, -0.25) is 18.7 Å². The van der Waals surface area contributed by atoms with Gasteiger partial charge in [0.05, 0.1) is 28.4 Å². The van der Waals surface area contributed by atoms with Gasteiger partial charge in [0.15, 0.2) is 0 Å². The van der Waals surface area contributed by atoms with E-state index in [1.54, 1.807) is 47.5 Å². The first-order chi connectivity index (χ1) is 16.8. The van der Waals surface area contributed by atoms with Crippen LogP contribution in [0, 0.1) is 0 Å². The van der Waals surface area contributed by atoms with Gasteiger partial charge in [-0.15, -0.1) is 0 Å². The Morgan fingerprint density at radius 2 is 1.66 bits per heavy atom. The molecule has 5 aromatic rings. The highest BCUT2D eigenvalue weighted by Gasteiger charge is 2.32. The zero-order valence-corrected chi connectivity index (χ0v) is 18.9. The van der Waals surface area contributed by atoms with Crippen LogP contribution in [0.1, 0.15) is 23.5 Å². The summed E-state index contributed by atoms with van der Waals surface area (Å²) in [4.78, 5) is 38.3. The molecule has 35 heavy (non-hydrogen) atoms. The molecule has 6 rings (SSSR count). The number of carbonyl (C=O) groups excluding carboxylic acids is 1. The molecule has 1 atom stereocenters. The summed E-state index contributed by atoms with van der Waals surface area (Å²) in [6.07, 6.45) is 1.47. The van der Waals surface area contributed by atoms with Crippen molar-refractivity contribution in [2.75, 3.05) is 0 Å². The molecule has 0 saturated heterocycles. The number of rotatable bonds is 2. The van der Waals surface area contributed by atoms with E-state index >= 15 is 0 Å². The van der Waals surface area contributed by atoms with Gasteiger partial charge in [-0.05, 0) is 47.5 Å². The Morgan fingerprint density at radius 1 is 0.914 bits per heavy atom. The zero-order chi connectivity index (χ0) is 24.4. The number of esters is 1. The molecule has 8 nitrogen and oxygen atoms in total. The van der Waals surface area contributed by atoms with Crippen LogP contribution in [0.4, 0.5) is 0 Å². The molecule has 1 aliphatic rings. The molecule has 0 bridgehead atoms. The number of phenolic OH excluding ortho intramolecular Hbond substituents is 1. The van der Waals surface area contributed by atoms with Gasteiger partial charge in [-0.1, -0.05) is 18.2 Å². The quantitative estimate of drug-likeness (QED) is 0.312. The van der Waals surface area contributed by atoms with Crippen LogP contribution in [0.5, 0.6) is 11.5 Å². The standard InChI is InChI=1S/C27H20N2O6/c1-28-20-9-5-15(11-21(20)29(2)27(28)33)18-12-23(31)35-22-10-8-17-25(32)19(13-34-26(17)24(18)22)14-3-6-16(30)7-4-14/h3-11,13,18,30H,12H2,1-2H3. The van der Waals surface area contributed by atoms with Crippen LogP contribution in [0.15, 0.2) is 74.9 Å². The van der Waals surface area contributed by atoms with Crippen molar-refractivity contribution in [2.45, 2.75) is 12.3 Å². The number of hydrogen-bond donors (Lipinski definition) is 1. The molecule has 0 spiro atoms. The summed E-state index contributed by atoms with van der Waals surface area (Å²) in [5.41, 5.74) is 3.93. The van der Waals surface area contributed by atoms with Crippen LogP contribution in [-0.2, 0) is 18.9 Å². The highest BCUT2D eigenvalue weighted by atomic mass is 16.5. The number of aromatic hydroxyl groups is 1. The first kappa shape index (κ1) is 21.0. The molecule has 1 unspecified atom stereocenters. The van der Waals surface area contributed by atoms with Gasteiger partial charge in [0, 0.05) is 25.6 Å². The van der Waals surface area contributed by atoms with Gasteiger partial charge in [-0.2, -0.15) is 0 Å². The predicted octanol–water partition coefficient (Wildman–Crippen LogP) is 3.80. The number of aromatic nitrogens is 2. The van der Waals surface area contributed by atoms with Crippen LogP contribution in [-0.4, -0.2) is 20.2 Å². The average molecular weight is 468 g/mol. The number of fused-ring (bicyclic) bond motifs is 4. The Balaban J connectivity index is 1.57. The van der Waals surface area contributed by atoms with Crippen molar-refractivity contribution in [1.29, 1.82) is 0 Å². The van der Waals surface area contributed by atoms with Gasteiger partial charge in [0.2, 0.25) is 5.43 Å². The topological polar surface area (TPSA) is 104 Å². The van der Waals surface area contributed by atoms with Gasteiger partial charge >= 0.3 is 11.7 Å². The Morgan fingerprint density at radius 3 is 2.43 bits per heavy atom. The maximum atomic E-state index is 13.4. The first-order valence-electron chi connectivity index (χ1n) is 11.1. The SMILES string of the molecule is Cn1c(=O)n(C)c2cc(C3CC(=O)Oc4ccc5c(=O)c(-c6ccc(O)cc6)coc5c43)ccc21. The lowest BCUT2D eigenvalue weighted by Crippen LogP contribution is -2.22. The van der Waals surface area contributed by atoms with Crippen molar-refractivity contribution in [3.63, 3.8) is 0 Å². The highest BCUT2D eigenvalue weighted by Crippen LogP contribution is 2.43. The first-order valence-corrected chi connectivity index (χ1v) is 11.1. The van der Waals surface area contributed by atoms with Gasteiger partial charge in [0.1, 0.15) is 23.3 Å². The summed E-state index contributed by atoms with van der Waals surface area (Å²) in [5, 5.41) is 9.94. The largest absolute Gasteiger partial charge is 0.508 e. The third kappa shape index (κ3) is 3.10. The maximum absolute atomic E-state index is 13.4. The molecule has 8 heteroatoms. The third-order valence-electron chi connectivity index (χ3n) is 6.76. The van der Waals surface area contributed by atoms with Crippen molar-refractivity contribution >= 4 is 28.0 Å². The number of benzene rings is 3. The molecule has 0 aliphatic carbocycles. The summed E-state index contributed by atoms with van der Waals surface area (Å²) >= 11 is 0. The number of carbonyl (C=O) groups is 1. The molecular weight excluding hydrogens is 448 g/mol. The van der Waals surface area contributed by atoms with Crippen LogP contribution < -0.4 is 15.9 Å². The van der Waals surface area contributed by atoms with E-state index in [0.717, 1.165) is 16.6 Å². The molecule has 2 aromatic heterocycles. The second-order valence-electron chi connectivity index (χ2n) is 8.76. The van der Waals surface area contributed by atoms with Crippen molar-refractivity contribution in [2.24, 2.45) is 14.1 Å². The minimum Gasteiger partial charge on any atom is -0.508 e. The number of nitrogens with zero attached hydrogens (tertiary/aromatic N) is 2. The lowest BCUT2D eigenvalue weighted by molar-refractivity contribution is -0.135. The second-order valence-corrected chi connectivity index (χ2v) is 8.76. The molecule has 0 amide bonds. The van der Waals surface area contributed by atoms with E-state index in [1.807, 2.05) is 18.2 Å². The van der Waals surface area contributed by atoms with Crippen LogP contribution >= 0.6 is 0 Å². The normalized spacial score (nSPS) is 15.4. The van der Waals surface area contributed by atoms with E-state index in [4.69, 9.17) is 9.15 Å². The van der Waals surface area contributed by atoms with Gasteiger partial charge in [0.25, 0.3) is 0 Å². The third-order valence-corrected chi connectivity index (χ3v) is 6.76. The fraction of sp³-hybridized carbons (Fsp3) is 0.148. The smallest absolute Gasteiger partial charge is 0.328 e. The Hall–Kier alpha value is -4.59. The maximum Gasteiger partial charge on any atom is 0.328 e. The Bertz CT molecular complexity index is 1790. The fourth-order valence-corrected chi connectivity index (χ4v) is 4.92. The minimum atomic E-state index is -0.419. The lowest BCUT2D eigenvalue weighted by Gasteiger charge is -2.25. The Labute approximate surface area is 198 Å². The molecule has 1 aliphatic heterocycles. The van der Waals surface area contributed by atoms with E-state index in [2.05, 4.69) is 0 Å².